The molecule has 140 valence electrons. The molecule has 0 aliphatic carbocycles. The summed E-state index contributed by atoms with van der Waals surface area (Å²) in [5, 5.41) is 6.35. The molecule has 0 N–H and O–H groups in total. The number of piperidine rings is 1. The van der Waals surface area contributed by atoms with Crippen LogP contribution in [0.4, 0.5) is 0 Å². The molecule has 26 heavy (non-hydrogen) atoms. The maximum absolute atomic E-state index is 12.5. The van der Waals surface area contributed by atoms with Gasteiger partial charge in [0.05, 0.1) is 18.4 Å². The highest BCUT2D eigenvalue weighted by Gasteiger charge is 2.40. The first kappa shape index (κ1) is 17.7. The second-order valence-corrected chi connectivity index (χ2v) is 8.45. The fraction of sp³-hybridized carbons (Fsp3) is 0.579. The van der Waals surface area contributed by atoms with Crippen molar-refractivity contribution < 1.29 is 9.53 Å². The highest BCUT2D eigenvalue weighted by Crippen LogP contribution is 2.31. The minimum atomic E-state index is -0.0887. The lowest BCUT2D eigenvalue weighted by Gasteiger charge is -2.47. The van der Waals surface area contributed by atoms with Crippen molar-refractivity contribution in [3.05, 3.63) is 40.3 Å². The topological polar surface area (TPSA) is 50.6 Å². The number of morpholine rings is 1. The van der Waals surface area contributed by atoms with E-state index in [1.54, 1.807) is 10.9 Å². The molecule has 0 saturated carbocycles. The van der Waals surface area contributed by atoms with E-state index >= 15 is 0 Å². The summed E-state index contributed by atoms with van der Waals surface area (Å²) in [5.41, 5.74) is 0.992. The quantitative estimate of drug-likeness (QED) is 0.823. The Morgan fingerprint density at radius 2 is 2.19 bits per heavy atom. The zero-order valence-electron chi connectivity index (χ0n) is 15.3. The maximum atomic E-state index is 12.5. The van der Waals surface area contributed by atoms with Gasteiger partial charge >= 0.3 is 0 Å². The van der Waals surface area contributed by atoms with Crippen LogP contribution in [0.3, 0.4) is 0 Å². The third kappa shape index (κ3) is 4.00. The molecule has 7 heteroatoms. The van der Waals surface area contributed by atoms with Gasteiger partial charge in [-0.1, -0.05) is 6.07 Å². The standard InChI is InChI=1S/C19H26N4O2S/c1-16-11-20-23(12-16)14-18(24)22-6-4-19(5-7-22)15-21(8-9-25-19)13-17-3-2-10-26-17/h2-3,10-12H,4-9,13-15H2,1H3. The van der Waals surface area contributed by atoms with E-state index in [9.17, 15) is 4.79 Å². The van der Waals surface area contributed by atoms with E-state index in [1.165, 1.54) is 4.88 Å². The minimum Gasteiger partial charge on any atom is -0.372 e. The van der Waals surface area contributed by atoms with Crippen LogP contribution in [0.5, 0.6) is 0 Å². The number of carbonyl (C=O) groups is 1. The molecule has 2 aromatic rings. The van der Waals surface area contributed by atoms with E-state index in [-0.39, 0.29) is 11.5 Å². The van der Waals surface area contributed by atoms with Gasteiger partial charge in [-0.3, -0.25) is 14.4 Å². The Balaban J connectivity index is 1.31. The lowest BCUT2D eigenvalue weighted by molar-refractivity contribution is -0.151. The van der Waals surface area contributed by atoms with Crippen molar-refractivity contribution >= 4 is 17.2 Å². The Kier molecular flexibility index (Phi) is 5.11. The van der Waals surface area contributed by atoms with Gasteiger partial charge in [-0.15, -0.1) is 11.3 Å². The predicted octanol–water partition coefficient (Wildman–Crippen LogP) is 2.15. The molecule has 2 fully saturated rings. The van der Waals surface area contributed by atoms with Crippen LogP contribution < -0.4 is 0 Å². The molecule has 4 heterocycles. The molecule has 0 atom stereocenters. The third-order valence-electron chi connectivity index (χ3n) is 5.37. The number of carbonyl (C=O) groups excluding carboxylic acids is 1. The molecule has 4 rings (SSSR count). The Hall–Kier alpha value is -1.70. The van der Waals surface area contributed by atoms with Gasteiger partial charge < -0.3 is 9.64 Å². The molecule has 2 aromatic heterocycles. The Bertz CT molecular complexity index is 735. The summed E-state index contributed by atoms with van der Waals surface area (Å²) < 4.78 is 7.94. The molecule has 2 aliphatic heterocycles. The normalized spacial score (nSPS) is 20.6. The van der Waals surface area contributed by atoms with Crippen molar-refractivity contribution in [3.63, 3.8) is 0 Å². The van der Waals surface area contributed by atoms with Crippen molar-refractivity contribution in [1.82, 2.24) is 19.6 Å². The number of rotatable bonds is 4. The highest BCUT2D eigenvalue weighted by molar-refractivity contribution is 7.09. The number of hydrogen-bond donors (Lipinski definition) is 0. The summed E-state index contributed by atoms with van der Waals surface area (Å²) in [6, 6.07) is 4.31. The van der Waals surface area contributed by atoms with Crippen molar-refractivity contribution in [1.29, 1.82) is 0 Å². The average Bonchev–Trinajstić information content (AvgIpc) is 3.27. The lowest BCUT2D eigenvalue weighted by atomic mass is 9.89. The van der Waals surface area contributed by atoms with Gasteiger partial charge in [0.15, 0.2) is 0 Å². The predicted molar refractivity (Wildman–Crippen MR) is 101 cm³/mol. The van der Waals surface area contributed by atoms with Crippen LogP contribution in [0, 0.1) is 6.92 Å². The van der Waals surface area contributed by atoms with E-state index in [4.69, 9.17) is 4.74 Å². The van der Waals surface area contributed by atoms with Gasteiger partial charge in [-0.25, -0.2) is 0 Å². The average molecular weight is 375 g/mol. The molecule has 0 bridgehead atoms. The molecule has 2 saturated heterocycles. The van der Waals surface area contributed by atoms with E-state index in [1.807, 2.05) is 29.4 Å². The van der Waals surface area contributed by atoms with Crippen LogP contribution in [0.15, 0.2) is 29.9 Å². The van der Waals surface area contributed by atoms with Gasteiger partial charge in [-0.05, 0) is 36.8 Å². The van der Waals surface area contributed by atoms with E-state index < -0.39 is 0 Å². The number of thiophene rings is 1. The largest absolute Gasteiger partial charge is 0.372 e. The summed E-state index contributed by atoms with van der Waals surface area (Å²) in [6.45, 7) is 7.59. The number of aromatic nitrogens is 2. The molecule has 2 aliphatic rings. The highest BCUT2D eigenvalue weighted by atomic mass is 32.1. The van der Waals surface area contributed by atoms with Crippen LogP contribution in [-0.2, 0) is 22.6 Å². The zero-order valence-corrected chi connectivity index (χ0v) is 16.1. The fourth-order valence-corrected chi connectivity index (χ4v) is 4.69. The van der Waals surface area contributed by atoms with Crippen LogP contribution in [0.2, 0.25) is 0 Å². The van der Waals surface area contributed by atoms with Crippen molar-refractivity contribution in [2.75, 3.05) is 32.8 Å². The minimum absolute atomic E-state index is 0.0887. The first-order chi connectivity index (χ1) is 12.6. The Labute approximate surface area is 158 Å². The molecule has 0 radical (unpaired) electrons. The van der Waals surface area contributed by atoms with Gasteiger partial charge in [0.1, 0.15) is 6.54 Å². The fourth-order valence-electron chi connectivity index (χ4n) is 3.94. The Morgan fingerprint density at radius 1 is 1.35 bits per heavy atom. The zero-order chi connectivity index (χ0) is 18.0. The van der Waals surface area contributed by atoms with E-state index in [0.717, 1.165) is 57.7 Å². The third-order valence-corrected chi connectivity index (χ3v) is 6.24. The van der Waals surface area contributed by atoms with Crippen LogP contribution in [0.1, 0.15) is 23.3 Å². The summed E-state index contributed by atoms with van der Waals surface area (Å²) in [7, 11) is 0. The summed E-state index contributed by atoms with van der Waals surface area (Å²) in [5.74, 6) is 0.147. The number of likely N-dealkylation sites (tertiary alicyclic amines) is 1. The van der Waals surface area contributed by atoms with Crippen molar-refractivity contribution in [2.24, 2.45) is 0 Å². The SMILES string of the molecule is Cc1cnn(CC(=O)N2CCC3(CC2)CN(Cc2cccs2)CCO3)c1. The van der Waals surface area contributed by atoms with E-state index in [2.05, 4.69) is 27.5 Å². The smallest absolute Gasteiger partial charge is 0.244 e. The van der Waals surface area contributed by atoms with Crippen molar-refractivity contribution in [3.8, 4) is 0 Å². The van der Waals surface area contributed by atoms with Gasteiger partial charge in [-0.2, -0.15) is 5.10 Å². The molecule has 6 nitrogen and oxygen atoms in total. The Morgan fingerprint density at radius 3 is 2.88 bits per heavy atom. The molecule has 0 unspecified atom stereocenters. The first-order valence-corrected chi connectivity index (χ1v) is 10.2. The first-order valence-electron chi connectivity index (χ1n) is 9.27. The number of amides is 1. The lowest BCUT2D eigenvalue weighted by Crippen LogP contribution is -2.57. The van der Waals surface area contributed by atoms with Gasteiger partial charge in [0, 0.05) is 43.8 Å². The van der Waals surface area contributed by atoms with Crippen molar-refractivity contribution in [2.45, 2.75) is 38.5 Å². The van der Waals surface area contributed by atoms with Gasteiger partial charge in [0.2, 0.25) is 5.91 Å². The second kappa shape index (κ2) is 7.50. The number of aryl methyl sites for hydroxylation is 1. The maximum Gasteiger partial charge on any atom is 0.244 e. The molecule has 1 spiro atoms. The number of hydrogen-bond acceptors (Lipinski definition) is 5. The van der Waals surface area contributed by atoms with Crippen LogP contribution >= 0.6 is 11.3 Å². The van der Waals surface area contributed by atoms with E-state index in [0.29, 0.717) is 6.54 Å². The number of nitrogens with zero attached hydrogens (tertiary/aromatic N) is 4. The summed E-state index contributed by atoms with van der Waals surface area (Å²) in [4.78, 5) is 18.4. The van der Waals surface area contributed by atoms with Gasteiger partial charge in [0.25, 0.3) is 0 Å². The van der Waals surface area contributed by atoms with Crippen LogP contribution in [0.25, 0.3) is 0 Å². The summed E-state index contributed by atoms with van der Waals surface area (Å²) in [6.07, 6.45) is 5.53. The second-order valence-electron chi connectivity index (χ2n) is 7.42. The summed E-state index contributed by atoms with van der Waals surface area (Å²) >= 11 is 1.81. The molecular weight excluding hydrogens is 348 g/mol. The molecule has 0 aromatic carbocycles. The number of ether oxygens (including phenoxy) is 1. The van der Waals surface area contributed by atoms with Crippen LogP contribution in [-0.4, -0.2) is 63.9 Å². The molecular formula is C19H26N4O2S. The molecule has 1 amide bonds. The monoisotopic (exact) mass is 374 g/mol.